The van der Waals surface area contributed by atoms with Crippen LogP contribution in [0.15, 0.2) is 42.7 Å². The Hall–Kier alpha value is -2.93. The van der Waals surface area contributed by atoms with E-state index in [0.717, 1.165) is 57.6 Å². The maximum atomic E-state index is 12.8. The Morgan fingerprint density at radius 2 is 1.55 bits per heavy atom. The molecule has 5 rings (SSSR count). The first-order valence-corrected chi connectivity index (χ1v) is 12.1. The second kappa shape index (κ2) is 9.14. The number of fused-ring (bicyclic) bond motifs is 1. The minimum atomic E-state index is -0.178. The molecule has 2 aliphatic heterocycles. The number of benzene rings is 1. The third kappa shape index (κ3) is 4.22. The zero-order chi connectivity index (χ0) is 22.9. The molecule has 0 atom stereocenters. The van der Waals surface area contributed by atoms with Crippen LogP contribution < -0.4 is 9.64 Å². The van der Waals surface area contributed by atoms with E-state index in [1.54, 1.807) is 12.3 Å². The van der Waals surface area contributed by atoms with E-state index in [0.29, 0.717) is 17.2 Å². The number of carbonyl (C=O) groups excluding carboxylic acids is 2. The van der Waals surface area contributed by atoms with Crippen LogP contribution in [-0.2, 0) is 0 Å². The lowest BCUT2D eigenvalue weighted by molar-refractivity contribution is 0.0490. The summed E-state index contributed by atoms with van der Waals surface area (Å²) in [5.74, 6) is 0.622. The first-order valence-electron chi connectivity index (χ1n) is 12.1. The number of nitrogens with zero attached hydrogens (tertiary/aromatic N) is 4. The molecule has 1 aromatic carbocycles. The van der Waals surface area contributed by atoms with Crippen molar-refractivity contribution in [3.63, 3.8) is 0 Å². The van der Waals surface area contributed by atoms with Crippen molar-refractivity contribution in [2.45, 2.75) is 57.7 Å². The summed E-state index contributed by atoms with van der Waals surface area (Å²) in [6.07, 6.45) is 7.03. The summed E-state index contributed by atoms with van der Waals surface area (Å²) in [4.78, 5) is 36.1. The zero-order valence-corrected chi connectivity index (χ0v) is 19.4. The molecule has 33 heavy (non-hydrogen) atoms. The number of pyridine rings is 1. The fourth-order valence-corrected chi connectivity index (χ4v) is 5.52. The maximum absolute atomic E-state index is 12.8. The second-order valence-electron chi connectivity index (χ2n) is 9.52. The highest BCUT2D eigenvalue weighted by Crippen LogP contribution is 2.34. The standard InChI is InChI=1S/C26H32N4O3/c1-18(2)33-24-6-4-3-5-23(24)29-15-13-28(14-16-29)19-7-9-20(10-8-19)30-25(31)21-11-12-27-17-22(21)26(30)32/h3-6,11-12,17-20H,7-10,13-16H2,1-2H3. The molecule has 0 unspecified atom stereocenters. The Bertz CT molecular complexity index is 989. The van der Waals surface area contributed by atoms with E-state index in [-0.39, 0.29) is 24.0 Å². The van der Waals surface area contributed by atoms with Crippen LogP contribution in [0.25, 0.3) is 0 Å². The number of aromatic nitrogens is 1. The molecule has 2 fully saturated rings. The molecule has 3 heterocycles. The van der Waals surface area contributed by atoms with Crippen LogP contribution in [0.5, 0.6) is 5.75 Å². The van der Waals surface area contributed by atoms with Gasteiger partial charge in [-0.3, -0.25) is 24.4 Å². The quantitative estimate of drug-likeness (QED) is 0.652. The molecule has 1 saturated heterocycles. The third-order valence-electron chi connectivity index (χ3n) is 7.15. The van der Waals surface area contributed by atoms with Gasteiger partial charge in [0.15, 0.2) is 0 Å². The van der Waals surface area contributed by atoms with Gasteiger partial charge in [0.1, 0.15) is 5.75 Å². The van der Waals surface area contributed by atoms with Gasteiger partial charge in [-0.25, -0.2) is 0 Å². The highest BCUT2D eigenvalue weighted by atomic mass is 16.5. The molecule has 174 valence electrons. The summed E-state index contributed by atoms with van der Waals surface area (Å²) in [5, 5.41) is 0. The lowest BCUT2D eigenvalue weighted by Crippen LogP contribution is -2.52. The van der Waals surface area contributed by atoms with Gasteiger partial charge in [0, 0.05) is 50.7 Å². The van der Waals surface area contributed by atoms with Crippen LogP contribution >= 0.6 is 0 Å². The Morgan fingerprint density at radius 1 is 0.879 bits per heavy atom. The van der Waals surface area contributed by atoms with E-state index in [9.17, 15) is 9.59 Å². The fourth-order valence-electron chi connectivity index (χ4n) is 5.52. The summed E-state index contributed by atoms with van der Waals surface area (Å²) in [5.41, 5.74) is 2.12. The van der Waals surface area contributed by atoms with E-state index in [1.165, 1.54) is 16.8 Å². The number of hydrogen-bond acceptors (Lipinski definition) is 6. The van der Waals surface area contributed by atoms with Crippen LogP contribution in [0.1, 0.15) is 60.2 Å². The minimum Gasteiger partial charge on any atom is -0.489 e. The molecule has 0 N–H and O–H groups in total. The highest BCUT2D eigenvalue weighted by Gasteiger charge is 2.42. The van der Waals surface area contributed by atoms with Crippen molar-refractivity contribution < 1.29 is 14.3 Å². The van der Waals surface area contributed by atoms with Gasteiger partial charge in [-0.2, -0.15) is 0 Å². The van der Waals surface area contributed by atoms with Crippen molar-refractivity contribution in [1.29, 1.82) is 0 Å². The lowest BCUT2D eigenvalue weighted by atomic mass is 9.89. The molecule has 7 nitrogen and oxygen atoms in total. The molecule has 7 heteroatoms. The number of rotatable bonds is 5. The zero-order valence-electron chi connectivity index (χ0n) is 19.4. The van der Waals surface area contributed by atoms with Gasteiger partial charge < -0.3 is 9.64 Å². The normalized spacial score (nSPS) is 23.8. The van der Waals surface area contributed by atoms with E-state index in [4.69, 9.17) is 4.74 Å². The SMILES string of the molecule is CC(C)Oc1ccccc1N1CCN(C2CCC(N3C(=O)c4ccncc4C3=O)CC2)CC1. The molecule has 2 amide bonds. The molecule has 0 bridgehead atoms. The molecule has 2 aromatic rings. The average molecular weight is 449 g/mol. The van der Waals surface area contributed by atoms with Crippen molar-refractivity contribution in [3.8, 4) is 5.75 Å². The average Bonchev–Trinajstić information content (AvgIpc) is 3.09. The number of piperazine rings is 1. The molecular weight excluding hydrogens is 416 g/mol. The Balaban J connectivity index is 1.16. The molecule has 3 aliphatic rings. The number of para-hydroxylation sites is 2. The minimum absolute atomic E-state index is 0.00463. The van der Waals surface area contributed by atoms with E-state index in [2.05, 4.69) is 46.8 Å². The second-order valence-corrected chi connectivity index (χ2v) is 9.52. The predicted octanol–water partition coefficient (Wildman–Crippen LogP) is 3.60. The van der Waals surface area contributed by atoms with Gasteiger partial charge in [-0.05, 0) is 57.7 Å². The molecule has 0 spiro atoms. The van der Waals surface area contributed by atoms with Gasteiger partial charge in [0.05, 0.1) is 22.9 Å². The van der Waals surface area contributed by atoms with Crippen molar-refractivity contribution in [2.75, 3.05) is 31.1 Å². The summed E-state index contributed by atoms with van der Waals surface area (Å²) >= 11 is 0. The monoisotopic (exact) mass is 448 g/mol. The van der Waals surface area contributed by atoms with Gasteiger partial charge in [0.25, 0.3) is 11.8 Å². The number of carbonyl (C=O) groups is 2. The Labute approximate surface area is 195 Å². The maximum Gasteiger partial charge on any atom is 0.263 e. The Kier molecular flexibility index (Phi) is 6.06. The number of imide groups is 1. The summed E-state index contributed by atoms with van der Waals surface area (Å²) < 4.78 is 6.02. The number of hydrogen-bond donors (Lipinski definition) is 0. The number of anilines is 1. The van der Waals surface area contributed by atoms with Crippen molar-refractivity contribution in [2.24, 2.45) is 0 Å². The van der Waals surface area contributed by atoms with Crippen LogP contribution in [0.2, 0.25) is 0 Å². The fraction of sp³-hybridized carbons (Fsp3) is 0.500. The van der Waals surface area contributed by atoms with Gasteiger partial charge >= 0.3 is 0 Å². The van der Waals surface area contributed by atoms with E-state index in [1.807, 2.05) is 6.07 Å². The molecule has 1 aromatic heterocycles. The smallest absolute Gasteiger partial charge is 0.263 e. The number of ether oxygens (including phenoxy) is 1. The molecule has 1 saturated carbocycles. The first kappa shape index (κ1) is 21.9. The van der Waals surface area contributed by atoms with Crippen molar-refractivity contribution >= 4 is 17.5 Å². The predicted molar refractivity (Wildman–Crippen MR) is 127 cm³/mol. The van der Waals surface area contributed by atoms with Crippen LogP contribution in [0.4, 0.5) is 5.69 Å². The summed E-state index contributed by atoms with van der Waals surface area (Å²) in [7, 11) is 0. The number of amides is 2. The van der Waals surface area contributed by atoms with Crippen LogP contribution in [0, 0.1) is 0 Å². The van der Waals surface area contributed by atoms with Gasteiger partial charge in [0.2, 0.25) is 0 Å². The van der Waals surface area contributed by atoms with Gasteiger partial charge in [-0.15, -0.1) is 0 Å². The molecule has 1 aliphatic carbocycles. The van der Waals surface area contributed by atoms with Crippen molar-refractivity contribution in [1.82, 2.24) is 14.8 Å². The first-order chi connectivity index (χ1) is 16.0. The van der Waals surface area contributed by atoms with Gasteiger partial charge in [-0.1, -0.05) is 12.1 Å². The lowest BCUT2D eigenvalue weighted by Gasteiger charge is -2.43. The molecule has 0 radical (unpaired) electrons. The third-order valence-corrected chi connectivity index (χ3v) is 7.15. The Morgan fingerprint density at radius 3 is 2.24 bits per heavy atom. The van der Waals surface area contributed by atoms with E-state index >= 15 is 0 Å². The summed E-state index contributed by atoms with van der Waals surface area (Å²) in [6, 6.07) is 10.5. The summed E-state index contributed by atoms with van der Waals surface area (Å²) in [6.45, 7) is 8.11. The van der Waals surface area contributed by atoms with Crippen molar-refractivity contribution in [3.05, 3.63) is 53.9 Å². The van der Waals surface area contributed by atoms with E-state index < -0.39 is 0 Å². The van der Waals surface area contributed by atoms with Crippen LogP contribution in [0.3, 0.4) is 0 Å². The largest absolute Gasteiger partial charge is 0.489 e. The van der Waals surface area contributed by atoms with Crippen LogP contribution in [-0.4, -0.2) is 71.0 Å². The topological polar surface area (TPSA) is 66.0 Å². The highest BCUT2D eigenvalue weighted by molar-refractivity contribution is 6.21. The molecular formula is C26H32N4O3.